The van der Waals surface area contributed by atoms with Crippen molar-refractivity contribution in [2.75, 3.05) is 0 Å². The molecule has 0 amide bonds. The molecule has 4 saturated carbocycles. The van der Waals surface area contributed by atoms with E-state index in [0.717, 1.165) is 38.5 Å². The average molecular weight is 521 g/mol. The Kier molecular flexibility index (Phi) is 7.89. The highest BCUT2D eigenvalue weighted by atomic mass is 16.5. The number of hydrogen-bond donors (Lipinski definition) is 3. The van der Waals surface area contributed by atoms with E-state index in [1.54, 1.807) is 0 Å². The number of hydrogen-bond acceptors (Lipinski definition) is 5. The first-order valence-electron chi connectivity index (χ1n) is 14.9. The summed E-state index contributed by atoms with van der Waals surface area (Å²) >= 11 is 0. The lowest BCUT2D eigenvalue weighted by atomic mass is 9.36. The summed E-state index contributed by atoms with van der Waals surface area (Å²) in [7, 11) is 0. The zero-order chi connectivity index (χ0) is 27.5. The fourth-order valence-corrected chi connectivity index (χ4v) is 10.6. The van der Waals surface area contributed by atoms with Gasteiger partial charge in [0.05, 0.1) is 18.1 Å². The molecule has 0 bridgehead atoms. The second kappa shape index (κ2) is 10.1. The minimum absolute atomic E-state index is 0.0139. The summed E-state index contributed by atoms with van der Waals surface area (Å²) < 4.78 is 5.95. The molecule has 4 unspecified atom stereocenters. The zero-order valence-corrected chi connectivity index (χ0v) is 24.2. The monoisotopic (exact) mass is 520 g/mol. The number of rotatable bonds is 7. The van der Waals surface area contributed by atoms with E-state index in [1.807, 2.05) is 0 Å². The molecule has 12 atom stereocenters. The molecule has 3 N–H and O–H groups in total. The van der Waals surface area contributed by atoms with Crippen LogP contribution in [0.25, 0.3) is 0 Å². The van der Waals surface area contributed by atoms with Gasteiger partial charge in [0.25, 0.3) is 0 Å². The van der Waals surface area contributed by atoms with Crippen LogP contribution < -0.4 is 0 Å². The summed E-state index contributed by atoms with van der Waals surface area (Å²) in [4.78, 5) is 24.9. The van der Waals surface area contributed by atoms with Gasteiger partial charge in [-0.2, -0.15) is 0 Å². The number of fused-ring (bicyclic) bond motifs is 5. The molecule has 37 heavy (non-hydrogen) atoms. The van der Waals surface area contributed by atoms with E-state index >= 15 is 0 Å². The number of ether oxygens (including phenoxy) is 1. The second-order valence-electron chi connectivity index (χ2n) is 14.5. The predicted octanol–water partition coefficient (Wildman–Crippen LogP) is 5.68. The van der Waals surface area contributed by atoms with Gasteiger partial charge in [-0.05, 0) is 90.8 Å². The normalized spacial score (nSPS) is 48.1. The third kappa shape index (κ3) is 4.56. The molecule has 4 fully saturated rings. The van der Waals surface area contributed by atoms with Crippen molar-refractivity contribution >= 4 is 11.9 Å². The molecule has 6 nitrogen and oxygen atoms in total. The molecule has 4 rings (SSSR count). The first-order chi connectivity index (χ1) is 17.2. The fourth-order valence-electron chi connectivity index (χ4n) is 10.6. The van der Waals surface area contributed by atoms with Crippen molar-refractivity contribution in [3.05, 3.63) is 0 Å². The molecule has 6 heteroatoms. The van der Waals surface area contributed by atoms with Gasteiger partial charge in [-0.15, -0.1) is 0 Å². The lowest BCUT2D eigenvalue weighted by molar-refractivity contribution is -0.240. The van der Waals surface area contributed by atoms with Gasteiger partial charge in [0, 0.05) is 12.8 Å². The molecular formula is C31H52O6. The fraction of sp³-hybridized carbons (Fsp3) is 0.935. The third-order valence-electron chi connectivity index (χ3n) is 12.4. The minimum atomic E-state index is -0.803. The van der Waals surface area contributed by atoms with E-state index in [0.29, 0.717) is 31.1 Å². The summed E-state index contributed by atoms with van der Waals surface area (Å²) in [6, 6.07) is 0. The summed E-state index contributed by atoms with van der Waals surface area (Å²) in [6.07, 6.45) is 6.00. The molecular weight excluding hydrogens is 468 g/mol. The highest BCUT2D eigenvalue weighted by Crippen LogP contribution is 2.74. The Bertz CT molecular complexity index is 872. The van der Waals surface area contributed by atoms with Crippen LogP contribution in [0, 0.1) is 57.7 Å². The Hall–Kier alpha value is -1.14. The van der Waals surface area contributed by atoms with Gasteiger partial charge in [0.2, 0.25) is 0 Å². The molecule has 0 heterocycles. The van der Waals surface area contributed by atoms with Gasteiger partial charge in [-0.1, -0.05) is 54.4 Å². The van der Waals surface area contributed by atoms with Crippen molar-refractivity contribution in [1.29, 1.82) is 0 Å². The Morgan fingerprint density at radius 3 is 2.24 bits per heavy atom. The van der Waals surface area contributed by atoms with Crippen LogP contribution in [0.3, 0.4) is 0 Å². The smallest absolute Gasteiger partial charge is 0.306 e. The van der Waals surface area contributed by atoms with E-state index in [1.165, 1.54) is 6.92 Å². The van der Waals surface area contributed by atoms with Gasteiger partial charge < -0.3 is 20.1 Å². The van der Waals surface area contributed by atoms with Gasteiger partial charge in [0.15, 0.2) is 0 Å². The number of carbonyl (C=O) groups excluding carboxylic acids is 1. The van der Waals surface area contributed by atoms with Crippen LogP contribution in [0.15, 0.2) is 0 Å². The predicted molar refractivity (Wildman–Crippen MR) is 143 cm³/mol. The molecule has 0 radical (unpaired) electrons. The standard InChI is InChI=1S/C31H52O6/c1-17(2)9-8-10-20(28(35)36)26-22-15-24(34)27-29(5)13-12-23(33)18(3)21(29)11-14-30(27,6)31(22,7)16-25(26)37-19(4)32/h17-18,20-27,33-34H,8-16H2,1-7H3,(H,35,36)/t18-,20?,21?,22?,23+,24+,25-,26?,27-,29-,30-,31-/m0/s1. The maximum atomic E-state index is 12.7. The van der Waals surface area contributed by atoms with Crippen molar-refractivity contribution in [1.82, 2.24) is 0 Å². The van der Waals surface area contributed by atoms with Crippen LogP contribution in [0.4, 0.5) is 0 Å². The van der Waals surface area contributed by atoms with Crippen LogP contribution in [0.1, 0.15) is 106 Å². The molecule has 0 aromatic rings. The SMILES string of the molecule is CC(=O)O[C@H]1C[C@@]2(C)C(C[C@@H](O)[C@H]3[C@@]4(C)CC[C@@H](O)[C@@H](C)C4CC[C@@]32C)C1C(CCCC(C)C)C(=O)O. The maximum absolute atomic E-state index is 12.7. The minimum Gasteiger partial charge on any atom is -0.481 e. The van der Waals surface area contributed by atoms with Crippen LogP contribution in [-0.2, 0) is 14.3 Å². The Morgan fingerprint density at radius 2 is 1.65 bits per heavy atom. The second-order valence-corrected chi connectivity index (χ2v) is 14.5. The third-order valence-corrected chi connectivity index (χ3v) is 12.4. The maximum Gasteiger partial charge on any atom is 0.306 e. The number of aliphatic carboxylic acids is 1. The summed E-state index contributed by atoms with van der Waals surface area (Å²) in [6.45, 7) is 14.9. The number of carboxylic acid groups (broad SMARTS) is 1. The lowest BCUT2D eigenvalue weighted by Gasteiger charge is -2.69. The topological polar surface area (TPSA) is 104 Å². The molecule has 0 spiro atoms. The zero-order valence-electron chi connectivity index (χ0n) is 24.2. The van der Waals surface area contributed by atoms with E-state index < -0.39 is 24.1 Å². The number of aliphatic hydroxyl groups excluding tert-OH is 2. The van der Waals surface area contributed by atoms with E-state index in [4.69, 9.17) is 4.74 Å². The first-order valence-corrected chi connectivity index (χ1v) is 14.9. The molecule has 4 aliphatic carbocycles. The Morgan fingerprint density at radius 1 is 0.973 bits per heavy atom. The Balaban J connectivity index is 1.73. The lowest BCUT2D eigenvalue weighted by Crippen LogP contribution is -2.66. The molecule has 0 aromatic carbocycles. The summed E-state index contributed by atoms with van der Waals surface area (Å²) in [5.41, 5.74) is -0.505. The number of aliphatic hydroxyl groups is 2. The van der Waals surface area contributed by atoms with Crippen LogP contribution in [0.2, 0.25) is 0 Å². The van der Waals surface area contributed by atoms with Crippen molar-refractivity contribution in [2.24, 2.45) is 57.7 Å². The van der Waals surface area contributed by atoms with Crippen molar-refractivity contribution in [3.63, 3.8) is 0 Å². The Labute approximate surface area is 223 Å². The van der Waals surface area contributed by atoms with Gasteiger partial charge in [-0.25, -0.2) is 0 Å². The van der Waals surface area contributed by atoms with Crippen molar-refractivity contribution < 1.29 is 29.6 Å². The first kappa shape index (κ1) is 28.9. The van der Waals surface area contributed by atoms with E-state index in [2.05, 4.69) is 41.5 Å². The number of carboxylic acids is 1. The molecule has 0 aromatic heterocycles. The van der Waals surface area contributed by atoms with E-state index in [9.17, 15) is 24.9 Å². The highest BCUT2D eigenvalue weighted by Gasteiger charge is 2.72. The molecule has 212 valence electrons. The highest BCUT2D eigenvalue weighted by molar-refractivity contribution is 5.71. The molecule has 0 aliphatic heterocycles. The number of carbonyl (C=O) groups is 2. The van der Waals surface area contributed by atoms with Gasteiger partial charge in [0.1, 0.15) is 6.10 Å². The van der Waals surface area contributed by atoms with Crippen LogP contribution in [0.5, 0.6) is 0 Å². The van der Waals surface area contributed by atoms with Crippen LogP contribution >= 0.6 is 0 Å². The largest absolute Gasteiger partial charge is 0.481 e. The average Bonchev–Trinajstić information content (AvgIpc) is 3.05. The summed E-state index contributed by atoms with van der Waals surface area (Å²) in [5.74, 6) is -0.870. The van der Waals surface area contributed by atoms with Gasteiger partial charge >= 0.3 is 11.9 Å². The summed E-state index contributed by atoms with van der Waals surface area (Å²) in [5, 5.41) is 33.0. The van der Waals surface area contributed by atoms with Gasteiger partial charge in [-0.3, -0.25) is 9.59 Å². The van der Waals surface area contributed by atoms with Crippen LogP contribution in [-0.4, -0.2) is 45.6 Å². The van der Waals surface area contributed by atoms with Crippen molar-refractivity contribution in [2.45, 2.75) is 125 Å². The molecule has 4 aliphatic rings. The van der Waals surface area contributed by atoms with E-state index in [-0.39, 0.29) is 52.0 Å². The molecule has 0 saturated heterocycles. The number of esters is 1. The van der Waals surface area contributed by atoms with Crippen molar-refractivity contribution in [3.8, 4) is 0 Å². The quantitative estimate of drug-likeness (QED) is 0.373.